The molecule has 0 spiro atoms. The van der Waals surface area contributed by atoms with Crippen molar-refractivity contribution in [1.82, 2.24) is 9.97 Å². The Morgan fingerprint density at radius 3 is 2.70 bits per heavy atom. The number of carboxylic acid groups (broad SMARTS) is 1. The molecular weight excluding hydrogens is 466 g/mol. The van der Waals surface area contributed by atoms with Gasteiger partial charge in [-0.25, -0.2) is 14.0 Å². The molecule has 3 N–H and O–H groups in total. The van der Waals surface area contributed by atoms with Gasteiger partial charge in [0.1, 0.15) is 5.82 Å². The van der Waals surface area contributed by atoms with Crippen LogP contribution in [0.5, 0.6) is 0 Å². The van der Waals surface area contributed by atoms with Crippen molar-refractivity contribution in [2.45, 2.75) is 24.7 Å². The van der Waals surface area contributed by atoms with Crippen molar-refractivity contribution >= 4 is 51.4 Å². The van der Waals surface area contributed by atoms with Crippen LogP contribution in [-0.2, 0) is 20.1 Å². The van der Waals surface area contributed by atoms with E-state index < -0.39 is 22.7 Å². The number of thiophene rings is 1. The molecule has 3 rings (SSSR count). The highest BCUT2D eigenvalue weighted by atomic mass is 32.2. The van der Waals surface area contributed by atoms with Crippen molar-refractivity contribution in [3.05, 3.63) is 48.0 Å². The molecule has 3 aromatic rings. The van der Waals surface area contributed by atoms with Gasteiger partial charge in [0, 0.05) is 34.6 Å². The summed E-state index contributed by atoms with van der Waals surface area (Å²) in [6.45, 7) is 2.26. The van der Waals surface area contributed by atoms with Crippen molar-refractivity contribution in [3.63, 3.8) is 0 Å². The number of rotatable bonds is 10. The Labute approximate surface area is 196 Å². The molecule has 1 amide bonds. The number of aliphatic carboxylic acids is 1. The van der Waals surface area contributed by atoms with Crippen LogP contribution in [0, 0.1) is 0 Å². The highest BCUT2D eigenvalue weighted by Gasteiger charge is 2.11. The maximum atomic E-state index is 12.2. The van der Waals surface area contributed by atoms with Gasteiger partial charge in [-0.2, -0.15) is 4.98 Å². The molecule has 0 aliphatic heterocycles. The minimum Gasteiger partial charge on any atom is -0.481 e. The highest BCUT2D eigenvalue weighted by molar-refractivity contribution is 7.75. The fraction of sp³-hybridized carbons (Fsp3) is 0.238. The zero-order valence-corrected chi connectivity index (χ0v) is 19.4. The third-order valence-electron chi connectivity index (χ3n) is 4.22. The van der Waals surface area contributed by atoms with E-state index in [1.165, 1.54) is 0 Å². The number of carboxylic acids is 1. The van der Waals surface area contributed by atoms with Gasteiger partial charge in [0.25, 0.3) is 0 Å². The summed E-state index contributed by atoms with van der Waals surface area (Å²) in [5.41, 5.74) is 1.47. The first kappa shape index (κ1) is 24.1. The summed E-state index contributed by atoms with van der Waals surface area (Å²) in [5.74, 6) is 0.0817. The van der Waals surface area contributed by atoms with Crippen molar-refractivity contribution in [2.24, 2.45) is 4.36 Å². The van der Waals surface area contributed by atoms with E-state index in [-0.39, 0.29) is 13.0 Å². The summed E-state index contributed by atoms with van der Waals surface area (Å²) in [6.07, 6.45) is 1.37. The lowest BCUT2D eigenvalue weighted by atomic mass is 10.2. The fourth-order valence-electron chi connectivity index (χ4n) is 2.72. The number of thiol groups is 1. The molecule has 1 atom stereocenters. The Morgan fingerprint density at radius 1 is 1.24 bits per heavy atom. The van der Waals surface area contributed by atoms with Crippen molar-refractivity contribution in [3.8, 4) is 10.4 Å². The summed E-state index contributed by atoms with van der Waals surface area (Å²) < 4.78 is 20.3. The number of carbonyl (C=O) groups excluding carboxylic acids is 1. The van der Waals surface area contributed by atoms with E-state index in [9.17, 15) is 13.8 Å². The topological polar surface area (TPSA) is 143 Å². The van der Waals surface area contributed by atoms with Crippen molar-refractivity contribution in [1.29, 1.82) is 0 Å². The molecule has 1 aromatic carbocycles. The average molecular weight is 490 g/mol. The SMILES string of the molecule is CCOC(=O)N=[SH](=O)c1ccc(Nc2ncc(-c3cccs3)c(NCCCC(=O)O)n2)cc1. The van der Waals surface area contributed by atoms with Crippen LogP contribution in [0.2, 0.25) is 0 Å². The molecule has 0 saturated carbocycles. The van der Waals surface area contributed by atoms with E-state index in [1.54, 1.807) is 48.7 Å². The van der Waals surface area contributed by atoms with Gasteiger partial charge in [0.15, 0.2) is 0 Å². The van der Waals surface area contributed by atoms with E-state index in [0.29, 0.717) is 35.3 Å². The first-order valence-electron chi connectivity index (χ1n) is 10.1. The maximum absolute atomic E-state index is 12.2. The quantitative estimate of drug-likeness (QED) is 0.240. The second-order valence-corrected chi connectivity index (χ2v) is 8.81. The molecule has 1 unspecified atom stereocenters. The maximum Gasteiger partial charge on any atom is 0.441 e. The number of benzene rings is 1. The summed E-state index contributed by atoms with van der Waals surface area (Å²) in [4.78, 5) is 32.4. The molecule has 0 radical (unpaired) electrons. The van der Waals surface area contributed by atoms with Gasteiger partial charge in [-0.3, -0.25) is 4.79 Å². The number of ether oxygens (including phenoxy) is 1. The standard InChI is InChI=1S/C21H23N5O5S2/c1-2-31-21(29)26-33(30)15-9-7-14(8-10-15)24-20-23-13-16(17-5-4-12-32-17)19(25-20)22-11-3-6-18(27)28/h4-5,7-10,12-13,33H,2-3,6,11H2,1H3,(H,27,28)(H2,22,23,24,25). The van der Waals surface area contributed by atoms with Crippen molar-refractivity contribution in [2.75, 3.05) is 23.8 Å². The Balaban J connectivity index is 1.75. The van der Waals surface area contributed by atoms with Gasteiger partial charge in [-0.05, 0) is 49.1 Å². The second kappa shape index (κ2) is 11.9. The average Bonchev–Trinajstić information content (AvgIpc) is 3.32. The normalized spacial score (nSPS) is 11.7. The van der Waals surface area contributed by atoms with Crippen LogP contribution < -0.4 is 10.6 Å². The van der Waals surface area contributed by atoms with Crippen molar-refractivity contribution < 1.29 is 23.6 Å². The molecule has 2 heterocycles. The summed E-state index contributed by atoms with van der Waals surface area (Å²) >= 11 is 1.55. The third-order valence-corrected chi connectivity index (χ3v) is 6.21. The summed E-state index contributed by atoms with van der Waals surface area (Å²) in [5, 5.41) is 17.1. The van der Waals surface area contributed by atoms with Gasteiger partial charge in [-0.1, -0.05) is 6.07 Å². The number of nitrogens with zero attached hydrogens (tertiary/aromatic N) is 3. The van der Waals surface area contributed by atoms with Gasteiger partial charge in [0.05, 0.1) is 22.8 Å². The zero-order valence-electron chi connectivity index (χ0n) is 17.7. The minimum atomic E-state index is -2.25. The Morgan fingerprint density at radius 2 is 2.03 bits per heavy atom. The third kappa shape index (κ3) is 7.26. The number of anilines is 3. The zero-order chi connectivity index (χ0) is 23.6. The molecule has 33 heavy (non-hydrogen) atoms. The van der Waals surface area contributed by atoms with E-state index in [1.807, 2.05) is 17.5 Å². The van der Waals surface area contributed by atoms with E-state index in [0.717, 1.165) is 10.4 Å². The van der Waals surface area contributed by atoms with E-state index >= 15 is 0 Å². The second-order valence-electron chi connectivity index (χ2n) is 6.60. The molecule has 0 bridgehead atoms. The lowest BCUT2D eigenvalue weighted by molar-refractivity contribution is -0.137. The Hall–Kier alpha value is -3.51. The number of carbonyl (C=O) groups is 2. The van der Waals surface area contributed by atoms with Crippen LogP contribution in [0.15, 0.2) is 57.2 Å². The number of aromatic nitrogens is 2. The Bertz CT molecular complexity index is 1180. The lowest BCUT2D eigenvalue weighted by Crippen LogP contribution is -2.09. The smallest absolute Gasteiger partial charge is 0.441 e. The molecule has 0 fully saturated rings. The fourth-order valence-corrected chi connectivity index (χ4v) is 4.18. The first-order chi connectivity index (χ1) is 16.0. The van der Waals surface area contributed by atoms with Gasteiger partial charge >= 0.3 is 12.1 Å². The number of hydrogen-bond acceptors (Lipinski definition) is 9. The van der Waals surface area contributed by atoms with E-state index in [2.05, 4.69) is 29.7 Å². The molecule has 0 saturated heterocycles. The minimum absolute atomic E-state index is 0.0641. The molecule has 10 nitrogen and oxygen atoms in total. The summed E-state index contributed by atoms with van der Waals surface area (Å²) in [6, 6.07) is 10.4. The van der Waals surface area contributed by atoms with Crippen LogP contribution in [0.1, 0.15) is 19.8 Å². The monoisotopic (exact) mass is 489 g/mol. The first-order valence-corrected chi connectivity index (χ1v) is 12.1. The lowest BCUT2D eigenvalue weighted by Gasteiger charge is -2.12. The van der Waals surface area contributed by atoms with Gasteiger partial charge in [-0.15, -0.1) is 15.7 Å². The number of nitrogens with one attached hydrogen (secondary N) is 2. The molecule has 2 aromatic heterocycles. The summed E-state index contributed by atoms with van der Waals surface area (Å²) in [7, 11) is -2.25. The van der Waals surface area contributed by atoms with Crippen LogP contribution in [-0.4, -0.2) is 44.5 Å². The predicted octanol–water partition coefficient (Wildman–Crippen LogP) is 4.41. The number of amides is 1. The van der Waals surface area contributed by atoms with E-state index in [4.69, 9.17) is 5.11 Å². The molecule has 0 aliphatic carbocycles. The number of hydrogen-bond donors (Lipinski definition) is 4. The Kier molecular flexibility index (Phi) is 8.72. The van der Waals surface area contributed by atoms with Crippen LogP contribution in [0.4, 0.5) is 22.2 Å². The molecule has 12 heteroatoms. The van der Waals surface area contributed by atoms with Crippen LogP contribution in [0.3, 0.4) is 0 Å². The predicted molar refractivity (Wildman–Crippen MR) is 128 cm³/mol. The van der Waals surface area contributed by atoms with Crippen LogP contribution >= 0.6 is 11.3 Å². The molecule has 174 valence electrons. The van der Waals surface area contributed by atoms with Gasteiger partial charge in [0.2, 0.25) is 5.95 Å². The molecule has 0 aliphatic rings. The molecular formula is C21H23N5O5S2. The van der Waals surface area contributed by atoms with Gasteiger partial charge < -0.3 is 20.5 Å². The van der Waals surface area contributed by atoms with Crippen LogP contribution in [0.25, 0.3) is 10.4 Å². The highest BCUT2D eigenvalue weighted by Crippen LogP contribution is 2.31. The largest absolute Gasteiger partial charge is 0.481 e.